The summed E-state index contributed by atoms with van der Waals surface area (Å²) >= 11 is 0. The van der Waals surface area contributed by atoms with Crippen LogP contribution in [0.2, 0.25) is 0 Å². The smallest absolute Gasteiger partial charge is 0.0278 e. The fraction of sp³-hybridized carbons (Fsp3) is 1.00. The van der Waals surface area contributed by atoms with E-state index in [4.69, 9.17) is 0 Å². The van der Waals surface area contributed by atoms with Gasteiger partial charge in [-0.2, -0.15) is 0 Å². The summed E-state index contributed by atoms with van der Waals surface area (Å²) in [4.78, 5) is 2.86. The van der Waals surface area contributed by atoms with E-state index in [0.717, 1.165) is 23.9 Å². The minimum absolute atomic E-state index is 0.327. The summed E-state index contributed by atoms with van der Waals surface area (Å²) < 4.78 is 0. The third kappa shape index (κ3) is 2.75. The minimum Gasteiger partial charge on any atom is -0.309 e. The molecule has 1 saturated carbocycles. The van der Waals surface area contributed by atoms with E-state index in [2.05, 4.69) is 44.8 Å². The molecule has 1 heterocycles. The molecular formula is C16H32N2. The monoisotopic (exact) mass is 252 g/mol. The Hall–Kier alpha value is -0.0800. The molecule has 18 heavy (non-hydrogen) atoms. The first-order chi connectivity index (χ1) is 8.47. The molecule has 2 fully saturated rings. The van der Waals surface area contributed by atoms with E-state index in [1.807, 2.05) is 0 Å². The van der Waals surface area contributed by atoms with Gasteiger partial charge in [-0.05, 0) is 38.0 Å². The van der Waals surface area contributed by atoms with Crippen LogP contribution in [-0.2, 0) is 0 Å². The van der Waals surface area contributed by atoms with E-state index < -0.39 is 0 Å². The molecule has 0 bridgehead atoms. The molecule has 4 unspecified atom stereocenters. The quantitative estimate of drug-likeness (QED) is 0.829. The summed E-state index contributed by atoms with van der Waals surface area (Å²) in [5.41, 5.74) is 0.327. The molecule has 0 aromatic carbocycles. The first-order valence-electron chi connectivity index (χ1n) is 7.97. The van der Waals surface area contributed by atoms with Gasteiger partial charge in [-0.1, -0.05) is 34.1 Å². The lowest BCUT2D eigenvalue weighted by Gasteiger charge is -2.51. The average molecular weight is 252 g/mol. The Bertz CT molecular complexity index is 274. The second-order valence-electron chi connectivity index (χ2n) is 7.25. The second-order valence-corrected chi connectivity index (χ2v) is 7.25. The zero-order chi connectivity index (χ0) is 13.3. The summed E-state index contributed by atoms with van der Waals surface area (Å²) in [5.74, 6) is 1.65. The largest absolute Gasteiger partial charge is 0.309 e. The van der Waals surface area contributed by atoms with Crippen LogP contribution in [0.15, 0.2) is 0 Å². The standard InChI is InChI=1S/C16H32N2/c1-6-16(5)11-18(14-9-7-8-13(14)4)15(10-17-16)12(2)3/h12-15,17H,6-11H2,1-5H3. The van der Waals surface area contributed by atoms with Gasteiger partial charge in [-0.3, -0.25) is 4.90 Å². The molecule has 1 saturated heterocycles. The molecule has 4 atom stereocenters. The zero-order valence-corrected chi connectivity index (χ0v) is 13.0. The highest BCUT2D eigenvalue weighted by Gasteiger charge is 2.41. The van der Waals surface area contributed by atoms with Crippen molar-refractivity contribution in [1.82, 2.24) is 10.2 Å². The van der Waals surface area contributed by atoms with Crippen molar-refractivity contribution in [2.45, 2.75) is 77.9 Å². The fourth-order valence-corrected chi connectivity index (χ4v) is 3.88. The molecule has 0 aromatic rings. The minimum atomic E-state index is 0.327. The number of piperazine rings is 1. The van der Waals surface area contributed by atoms with Crippen molar-refractivity contribution in [3.05, 3.63) is 0 Å². The van der Waals surface area contributed by atoms with Gasteiger partial charge in [0.1, 0.15) is 0 Å². The van der Waals surface area contributed by atoms with E-state index in [-0.39, 0.29) is 0 Å². The van der Waals surface area contributed by atoms with Crippen LogP contribution >= 0.6 is 0 Å². The van der Waals surface area contributed by atoms with Gasteiger partial charge in [0.25, 0.3) is 0 Å². The van der Waals surface area contributed by atoms with Crippen LogP contribution in [0, 0.1) is 11.8 Å². The lowest BCUT2D eigenvalue weighted by atomic mass is 9.87. The highest BCUT2D eigenvalue weighted by atomic mass is 15.3. The highest BCUT2D eigenvalue weighted by Crippen LogP contribution is 2.35. The average Bonchev–Trinajstić information content (AvgIpc) is 2.75. The van der Waals surface area contributed by atoms with E-state index in [0.29, 0.717) is 5.54 Å². The van der Waals surface area contributed by atoms with Crippen LogP contribution in [0.4, 0.5) is 0 Å². The third-order valence-corrected chi connectivity index (χ3v) is 5.49. The van der Waals surface area contributed by atoms with E-state index in [9.17, 15) is 0 Å². The Morgan fingerprint density at radius 3 is 2.56 bits per heavy atom. The second kappa shape index (κ2) is 5.50. The molecule has 2 aliphatic rings. The van der Waals surface area contributed by atoms with Crippen molar-refractivity contribution in [3.8, 4) is 0 Å². The number of rotatable bonds is 3. The normalized spacial score (nSPS) is 42.7. The first kappa shape index (κ1) is 14.3. The van der Waals surface area contributed by atoms with E-state index >= 15 is 0 Å². The lowest BCUT2D eigenvalue weighted by molar-refractivity contribution is 0.0138. The molecule has 2 nitrogen and oxygen atoms in total. The van der Waals surface area contributed by atoms with Crippen molar-refractivity contribution in [1.29, 1.82) is 0 Å². The predicted octanol–water partition coefficient (Wildman–Crippen LogP) is 3.27. The van der Waals surface area contributed by atoms with Gasteiger partial charge in [-0.15, -0.1) is 0 Å². The summed E-state index contributed by atoms with van der Waals surface area (Å²) in [6, 6.07) is 1.57. The molecule has 106 valence electrons. The SMILES string of the molecule is CCC1(C)CN(C2CCCC2C)C(C(C)C)CN1. The summed E-state index contributed by atoms with van der Waals surface area (Å²) in [5, 5.41) is 3.80. The highest BCUT2D eigenvalue weighted by molar-refractivity contribution is 4.99. The lowest BCUT2D eigenvalue weighted by Crippen LogP contribution is -2.66. The van der Waals surface area contributed by atoms with Crippen LogP contribution in [0.1, 0.15) is 60.3 Å². The molecule has 2 heteroatoms. The van der Waals surface area contributed by atoms with Crippen molar-refractivity contribution >= 4 is 0 Å². The van der Waals surface area contributed by atoms with Gasteiger partial charge in [-0.25, -0.2) is 0 Å². The Morgan fingerprint density at radius 2 is 2.06 bits per heavy atom. The Balaban J connectivity index is 2.14. The summed E-state index contributed by atoms with van der Waals surface area (Å²) in [6.45, 7) is 14.4. The molecule has 1 aliphatic heterocycles. The Morgan fingerprint density at radius 1 is 1.33 bits per heavy atom. The Labute approximate surface area is 114 Å². The molecule has 0 amide bonds. The van der Waals surface area contributed by atoms with Crippen molar-refractivity contribution in [3.63, 3.8) is 0 Å². The van der Waals surface area contributed by atoms with Crippen LogP contribution in [0.25, 0.3) is 0 Å². The van der Waals surface area contributed by atoms with E-state index in [1.165, 1.54) is 38.8 Å². The number of nitrogens with one attached hydrogen (secondary N) is 1. The van der Waals surface area contributed by atoms with Gasteiger partial charge >= 0.3 is 0 Å². The maximum Gasteiger partial charge on any atom is 0.0278 e. The molecule has 0 radical (unpaired) electrons. The van der Waals surface area contributed by atoms with Gasteiger partial charge in [0.2, 0.25) is 0 Å². The first-order valence-corrected chi connectivity index (χ1v) is 7.97. The fourth-order valence-electron chi connectivity index (χ4n) is 3.88. The molecule has 1 aliphatic carbocycles. The van der Waals surface area contributed by atoms with Gasteiger partial charge in [0.05, 0.1) is 0 Å². The van der Waals surface area contributed by atoms with Crippen LogP contribution in [0.5, 0.6) is 0 Å². The summed E-state index contributed by atoms with van der Waals surface area (Å²) in [6.07, 6.45) is 5.52. The molecule has 1 N–H and O–H groups in total. The zero-order valence-electron chi connectivity index (χ0n) is 13.0. The third-order valence-electron chi connectivity index (χ3n) is 5.49. The van der Waals surface area contributed by atoms with Crippen LogP contribution in [0.3, 0.4) is 0 Å². The molecule has 2 rings (SSSR count). The number of hydrogen-bond acceptors (Lipinski definition) is 2. The topological polar surface area (TPSA) is 15.3 Å². The Kier molecular flexibility index (Phi) is 4.38. The van der Waals surface area contributed by atoms with Crippen molar-refractivity contribution in [2.24, 2.45) is 11.8 Å². The molecule has 0 aromatic heterocycles. The van der Waals surface area contributed by atoms with Crippen molar-refractivity contribution in [2.75, 3.05) is 13.1 Å². The van der Waals surface area contributed by atoms with Gasteiger partial charge in [0, 0.05) is 30.7 Å². The molecule has 0 spiro atoms. The van der Waals surface area contributed by atoms with Crippen LogP contribution < -0.4 is 5.32 Å². The van der Waals surface area contributed by atoms with Gasteiger partial charge in [0.15, 0.2) is 0 Å². The maximum atomic E-state index is 3.80. The molecular weight excluding hydrogens is 220 g/mol. The maximum absolute atomic E-state index is 3.80. The number of hydrogen-bond donors (Lipinski definition) is 1. The van der Waals surface area contributed by atoms with E-state index in [1.54, 1.807) is 0 Å². The predicted molar refractivity (Wildman–Crippen MR) is 78.8 cm³/mol. The van der Waals surface area contributed by atoms with Gasteiger partial charge < -0.3 is 5.32 Å². The van der Waals surface area contributed by atoms with Crippen molar-refractivity contribution < 1.29 is 0 Å². The summed E-state index contributed by atoms with van der Waals surface area (Å²) in [7, 11) is 0. The van der Waals surface area contributed by atoms with Crippen LogP contribution in [-0.4, -0.2) is 35.6 Å². The number of nitrogens with zero attached hydrogens (tertiary/aromatic N) is 1.